The van der Waals surface area contributed by atoms with E-state index in [2.05, 4.69) is 22.0 Å². The molecule has 168 valence electrons. The fraction of sp³-hybridized carbons (Fsp3) is 0.391. The molecular weight excluding hydrogens is 507 g/mol. The summed E-state index contributed by atoms with van der Waals surface area (Å²) >= 11 is 0. The van der Waals surface area contributed by atoms with Gasteiger partial charge in [-0.1, -0.05) is 24.3 Å². The number of halogens is 1. The van der Waals surface area contributed by atoms with Gasteiger partial charge in [-0.2, -0.15) is 0 Å². The highest BCUT2D eigenvalue weighted by Crippen LogP contribution is 2.27. The molecule has 8 heteroatoms. The van der Waals surface area contributed by atoms with E-state index in [1.54, 1.807) is 18.2 Å². The van der Waals surface area contributed by atoms with Gasteiger partial charge in [0.2, 0.25) is 0 Å². The van der Waals surface area contributed by atoms with Gasteiger partial charge >= 0.3 is 5.97 Å². The molecule has 2 N–H and O–H groups in total. The number of nitrogens with zero attached hydrogens (tertiary/aromatic N) is 3. The Hall–Kier alpha value is -2.49. The van der Waals surface area contributed by atoms with E-state index in [4.69, 9.17) is 9.73 Å². The number of rotatable bonds is 6. The number of methoxy groups -OCH3 is 1. The number of carbonyl (C=O) groups is 1. The molecule has 2 aromatic rings. The van der Waals surface area contributed by atoms with Gasteiger partial charge in [0.15, 0.2) is 5.96 Å². The van der Waals surface area contributed by atoms with Crippen molar-refractivity contribution in [2.45, 2.75) is 13.3 Å². The predicted octanol–water partition coefficient (Wildman–Crippen LogP) is 3.13. The number of phenols is 1. The fourth-order valence-electron chi connectivity index (χ4n) is 3.53. The summed E-state index contributed by atoms with van der Waals surface area (Å²) < 4.78 is 4.73. The maximum absolute atomic E-state index is 11.5. The molecule has 1 heterocycles. The first kappa shape index (κ1) is 24.8. The first-order valence-corrected chi connectivity index (χ1v) is 10.4. The Bertz CT molecular complexity index is 865. The van der Waals surface area contributed by atoms with Crippen LogP contribution in [0.1, 0.15) is 22.8 Å². The summed E-state index contributed by atoms with van der Waals surface area (Å²) in [7, 11) is 1.38. The molecule has 1 saturated heterocycles. The number of ether oxygens (including phenoxy) is 1. The molecule has 1 aliphatic rings. The zero-order valence-corrected chi connectivity index (χ0v) is 20.4. The van der Waals surface area contributed by atoms with Crippen molar-refractivity contribution < 1.29 is 14.6 Å². The molecule has 2 aromatic carbocycles. The van der Waals surface area contributed by atoms with Gasteiger partial charge in [-0.25, -0.2) is 4.79 Å². The van der Waals surface area contributed by atoms with Crippen LogP contribution in [-0.2, 0) is 11.2 Å². The standard InChI is InChI=1S/C23H30N4O3.HI/c1-3-24-23(25-13-12-18-8-10-19(11-9-18)22(29)30-2)27-16-14-26(15-17-27)20-6-4-5-7-21(20)28;/h4-11,28H,3,12-17H2,1-2H3,(H,24,25);1H. The highest BCUT2D eigenvalue weighted by atomic mass is 127. The van der Waals surface area contributed by atoms with Crippen LogP contribution < -0.4 is 10.2 Å². The molecule has 0 unspecified atom stereocenters. The van der Waals surface area contributed by atoms with E-state index in [1.165, 1.54) is 7.11 Å². The summed E-state index contributed by atoms with van der Waals surface area (Å²) in [4.78, 5) is 20.8. The van der Waals surface area contributed by atoms with Crippen LogP contribution in [0.5, 0.6) is 5.75 Å². The molecule has 1 aliphatic heterocycles. The summed E-state index contributed by atoms with van der Waals surface area (Å²) in [6.07, 6.45) is 0.800. The van der Waals surface area contributed by atoms with E-state index < -0.39 is 0 Å². The normalized spacial score (nSPS) is 14.1. The lowest BCUT2D eigenvalue weighted by Crippen LogP contribution is -2.52. The molecule has 0 atom stereocenters. The molecular formula is C23H31IN4O3. The first-order valence-electron chi connectivity index (χ1n) is 10.4. The Labute approximate surface area is 201 Å². The number of anilines is 1. The third kappa shape index (κ3) is 6.75. The van der Waals surface area contributed by atoms with Gasteiger partial charge in [-0.05, 0) is 43.2 Å². The molecule has 0 aliphatic carbocycles. The average molecular weight is 538 g/mol. The number of piperazine rings is 1. The lowest BCUT2D eigenvalue weighted by atomic mass is 10.1. The number of para-hydroxylation sites is 2. The number of carbonyl (C=O) groups excluding carboxylic acids is 1. The molecule has 1 fully saturated rings. The number of benzene rings is 2. The van der Waals surface area contributed by atoms with Crippen molar-refractivity contribution in [2.75, 3.05) is 51.3 Å². The van der Waals surface area contributed by atoms with Crippen LogP contribution in [-0.4, -0.2) is 68.3 Å². The minimum Gasteiger partial charge on any atom is -0.506 e. The van der Waals surface area contributed by atoms with Gasteiger partial charge in [-0.15, -0.1) is 24.0 Å². The summed E-state index contributed by atoms with van der Waals surface area (Å²) in [6, 6.07) is 14.9. The molecule has 0 amide bonds. The molecule has 0 radical (unpaired) electrons. The third-order valence-electron chi connectivity index (χ3n) is 5.17. The molecule has 0 saturated carbocycles. The van der Waals surface area contributed by atoms with Crippen LogP contribution in [0.15, 0.2) is 53.5 Å². The van der Waals surface area contributed by atoms with E-state index in [-0.39, 0.29) is 29.9 Å². The molecule has 0 spiro atoms. The molecule has 7 nitrogen and oxygen atoms in total. The number of aromatic hydroxyl groups is 1. The number of guanidine groups is 1. The van der Waals surface area contributed by atoms with Gasteiger partial charge in [0, 0.05) is 39.3 Å². The number of hydrogen-bond donors (Lipinski definition) is 2. The number of hydrogen-bond acceptors (Lipinski definition) is 5. The second-order valence-corrected chi connectivity index (χ2v) is 7.14. The van der Waals surface area contributed by atoms with Crippen LogP contribution in [0.25, 0.3) is 0 Å². The fourth-order valence-corrected chi connectivity index (χ4v) is 3.53. The topological polar surface area (TPSA) is 77.4 Å². The lowest BCUT2D eigenvalue weighted by Gasteiger charge is -2.37. The lowest BCUT2D eigenvalue weighted by molar-refractivity contribution is 0.0600. The van der Waals surface area contributed by atoms with Crippen molar-refractivity contribution in [3.63, 3.8) is 0 Å². The van der Waals surface area contributed by atoms with Crippen LogP contribution in [0.3, 0.4) is 0 Å². The highest BCUT2D eigenvalue weighted by Gasteiger charge is 2.21. The van der Waals surface area contributed by atoms with Crippen LogP contribution >= 0.6 is 24.0 Å². The van der Waals surface area contributed by atoms with Crippen molar-refractivity contribution in [2.24, 2.45) is 4.99 Å². The number of esters is 1. The van der Waals surface area contributed by atoms with E-state index >= 15 is 0 Å². The Morgan fingerprint density at radius 1 is 1.10 bits per heavy atom. The quantitative estimate of drug-likeness (QED) is 0.255. The maximum Gasteiger partial charge on any atom is 0.337 e. The molecule has 3 rings (SSSR count). The highest BCUT2D eigenvalue weighted by molar-refractivity contribution is 14.0. The Kier molecular flexibility index (Phi) is 9.90. The van der Waals surface area contributed by atoms with E-state index in [0.717, 1.165) is 56.4 Å². The SMILES string of the molecule is CCNC(=NCCc1ccc(C(=O)OC)cc1)N1CCN(c2ccccc2O)CC1.I. The Balaban J connectivity index is 0.00000341. The zero-order chi connectivity index (χ0) is 21.3. The third-order valence-corrected chi connectivity index (χ3v) is 5.17. The molecule has 0 aromatic heterocycles. The van der Waals surface area contributed by atoms with Crippen LogP contribution in [0.4, 0.5) is 5.69 Å². The summed E-state index contributed by atoms with van der Waals surface area (Å²) in [6.45, 7) is 6.89. The zero-order valence-electron chi connectivity index (χ0n) is 18.1. The van der Waals surface area contributed by atoms with Gasteiger partial charge in [0.05, 0.1) is 18.4 Å². The van der Waals surface area contributed by atoms with Crippen LogP contribution in [0.2, 0.25) is 0 Å². The van der Waals surface area contributed by atoms with Gasteiger partial charge in [0.1, 0.15) is 5.75 Å². The van der Waals surface area contributed by atoms with Crippen molar-refractivity contribution in [1.29, 1.82) is 0 Å². The predicted molar refractivity (Wildman–Crippen MR) is 135 cm³/mol. The van der Waals surface area contributed by atoms with Crippen molar-refractivity contribution in [3.8, 4) is 5.75 Å². The van der Waals surface area contributed by atoms with Gasteiger partial charge in [-0.3, -0.25) is 4.99 Å². The van der Waals surface area contributed by atoms with Gasteiger partial charge in [0.25, 0.3) is 0 Å². The van der Waals surface area contributed by atoms with E-state index in [0.29, 0.717) is 17.9 Å². The minimum absolute atomic E-state index is 0. The number of nitrogens with one attached hydrogen (secondary N) is 1. The number of phenolic OH excluding ortho intramolecular Hbond substituents is 1. The smallest absolute Gasteiger partial charge is 0.337 e. The van der Waals surface area contributed by atoms with Crippen molar-refractivity contribution >= 4 is 41.6 Å². The second-order valence-electron chi connectivity index (χ2n) is 7.14. The maximum atomic E-state index is 11.5. The summed E-state index contributed by atoms with van der Waals surface area (Å²) in [5.74, 6) is 0.919. The summed E-state index contributed by atoms with van der Waals surface area (Å²) in [5, 5.41) is 13.5. The van der Waals surface area contributed by atoms with E-state index in [1.807, 2.05) is 30.3 Å². The molecule has 0 bridgehead atoms. The monoisotopic (exact) mass is 538 g/mol. The largest absolute Gasteiger partial charge is 0.506 e. The van der Waals surface area contributed by atoms with Crippen LogP contribution in [0, 0.1) is 0 Å². The first-order chi connectivity index (χ1) is 14.6. The average Bonchev–Trinajstić information content (AvgIpc) is 2.79. The van der Waals surface area contributed by atoms with Crippen molar-refractivity contribution in [3.05, 3.63) is 59.7 Å². The van der Waals surface area contributed by atoms with E-state index in [9.17, 15) is 9.90 Å². The Morgan fingerprint density at radius 3 is 2.39 bits per heavy atom. The van der Waals surface area contributed by atoms with Gasteiger partial charge < -0.3 is 25.0 Å². The van der Waals surface area contributed by atoms with Crippen molar-refractivity contribution in [1.82, 2.24) is 10.2 Å². The molecule has 31 heavy (non-hydrogen) atoms. The Morgan fingerprint density at radius 2 is 1.77 bits per heavy atom. The number of aliphatic imine (C=N–C) groups is 1. The minimum atomic E-state index is -0.322. The summed E-state index contributed by atoms with van der Waals surface area (Å²) in [5.41, 5.74) is 2.57. The second kappa shape index (κ2) is 12.4.